The molecule has 2 fully saturated rings. The summed E-state index contributed by atoms with van der Waals surface area (Å²) in [5.74, 6) is 0. The minimum absolute atomic E-state index is 0.00860. The molecule has 0 spiro atoms. The van der Waals surface area contributed by atoms with Crippen LogP contribution in [0.15, 0.2) is 48.5 Å². The minimum atomic E-state index is -0.595. The van der Waals surface area contributed by atoms with Gasteiger partial charge in [0.25, 0.3) is 5.69 Å². The molecule has 4 rings (SSSR count). The Hall–Kier alpha value is -3.33. The maximum atomic E-state index is 12.6. The molecule has 0 aliphatic carbocycles. The van der Waals surface area contributed by atoms with E-state index in [9.17, 15) is 19.7 Å². The van der Waals surface area contributed by atoms with Crippen LogP contribution in [0.5, 0.6) is 0 Å². The Labute approximate surface area is 183 Å². The van der Waals surface area contributed by atoms with Crippen LogP contribution in [-0.4, -0.2) is 52.6 Å². The number of likely N-dealkylation sites (tertiary alicyclic amines) is 1. The summed E-state index contributed by atoms with van der Waals surface area (Å²) in [5.41, 5.74) is 1.06. The lowest BCUT2D eigenvalue weighted by molar-refractivity contribution is -0.384. The smallest absolute Gasteiger partial charge is 0.410 e. The standard InChI is InChI=1S/C21H21ClN4O5/c22-17-7-6-15(12-18(17)26(29)30)23-20(27)24-10-8-16(9-11-24)25-19(13-31-21(25)28)14-4-2-1-3-5-14/h1-7,12,16,19H,8-11,13H2,(H,23,27)/t19-/m0/s1. The van der Waals surface area contributed by atoms with E-state index in [-0.39, 0.29) is 34.9 Å². The van der Waals surface area contributed by atoms with E-state index in [1.807, 2.05) is 30.3 Å². The van der Waals surface area contributed by atoms with Gasteiger partial charge in [-0.25, -0.2) is 9.59 Å². The second-order valence-corrected chi connectivity index (χ2v) is 7.89. The molecule has 1 atom stereocenters. The van der Waals surface area contributed by atoms with Crippen LogP contribution in [0.25, 0.3) is 0 Å². The predicted octanol–water partition coefficient (Wildman–Crippen LogP) is 4.44. The van der Waals surface area contributed by atoms with Crippen molar-refractivity contribution in [1.82, 2.24) is 9.80 Å². The topological polar surface area (TPSA) is 105 Å². The molecule has 1 N–H and O–H groups in total. The number of carbonyl (C=O) groups is 2. The quantitative estimate of drug-likeness (QED) is 0.554. The molecule has 31 heavy (non-hydrogen) atoms. The van der Waals surface area contributed by atoms with Gasteiger partial charge in [0.15, 0.2) is 0 Å². The highest BCUT2D eigenvalue weighted by atomic mass is 35.5. The molecule has 162 valence electrons. The van der Waals surface area contributed by atoms with E-state index in [1.54, 1.807) is 9.80 Å². The molecule has 2 aromatic rings. The average Bonchev–Trinajstić information content (AvgIpc) is 3.17. The van der Waals surface area contributed by atoms with E-state index >= 15 is 0 Å². The van der Waals surface area contributed by atoms with Crippen molar-refractivity contribution in [2.45, 2.75) is 24.9 Å². The number of hydrogen-bond donors (Lipinski definition) is 1. The van der Waals surface area contributed by atoms with Crippen molar-refractivity contribution in [1.29, 1.82) is 0 Å². The summed E-state index contributed by atoms with van der Waals surface area (Å²) in [7, 11) is 0. The van der Waals surface area contributed by atoms with Crippen LogP contribution in [0.4, 0.5) is 21.0 Å². The number of anilines is 1. The molecule has 2 aromatic carbocycles. The van der Waals surface area contributed by atoms with Gasteiger partial charge in [0, 0.05) is 30.9 Å². The molecule has 0 unspecified atom stereocenters. The Balaban J connectivity index is 1.38. The monoisotopic (exact) mass is 444 g/mol. The van der Waals surface area contributed by atoms with Crippen molar-refractivity contribution < 1.29 is 19.2 Å². The maximum absolute atomic E-state index is 12.6. The molecule has 10 heteroatoms. The van der Waals surface area contributed by atoms with E-state index in [2.05, 4.69) is 5.32 Å². The molecule has 9 nitrogen and oxygen atoms in total. The molecule has 2 heterocycles. The van der Waals surface area contributed by atoms with Crippen LogP contribution >= 0.6 is 11.6 Å². The first-order valence-electron chi connectivity index (χ1n) is 9.94. The molecule has 2 aliphatic heterocycles. The number of nitro groups is 1. The number of rotatable bonds is 4. The van der Waals surface area contributed by atoms with Crippen LogP contribution in [0.3, 0.4) is 0 Å². The van der Waals surface area contributed by atoms with E-state index in [1.165, 1.54) is 18.2 Å². The second-order valence-electron chi connectivity index (χ2n) is 7.48. The number of nitrogens with one attached hydrogen (secondary N) is 1. The number of cyclic esters (lactones) is 1. The molecule has 0 bridgehead atoms. The number of amides is 3. The van der Waals surface area contributed by atoms with E-state index in [4.69, 9.17) is 16.3 Å². The van der Waals surface area contributed by atoms with Crippen molar-refractivity contribution in [3.05, 3.63) is 69.2 Å². The van der Waals surface area contributed by atoms with Crippen LogP contribution in [-0.2, 0) is 4.74 Å². The first-order valence-corrected chi connectivity index (χ1v) is 10.3. The number of nitrogens with zero attached hydrogens (tertiary/aromatic N) is 3. The van der Waals surface area contributed by atoms with Crippen LogP contribution in [0.1, 0.15) is 24.4 Å². The highest BCUT2D eigenvalue weighted by Gasteiger charge is 2.40. The zero-order chi connectivity index (χ0) is 22.0. The van der Waals surface area contributed by atoms with Gasteiger partial charge in [-0.15, -0.1) is 0 Å². The molecule has 2 aliphatic rings. The number of ether oxygens (including phenoxy) is 1. The lowest BCUT2D eigenvalue weighted by Crippen LogP contribution is -2.48. The van der Waals surface area contributed by atoms with Gasteiger partial charge < -0.3 is 15.0 Å². The lowest BCUT2D eigenvalue weighted by Gasteiger charge is -2.37. The zero-order valence-electron chi connectivity index (χ0n) is 16.6. The highest BCUT2D eigenvalue weighted by molar-refractivity contribution is 6.32. The number of urea groups is 1. The van der Waals surface area contributed by atoms with Crippen LogP contribution in [0, 0.1) is 10.1 Å². The van der Waals surface area contributed by atoms with Crippen molar-refractivity contribution in [2.24, 2.45) is 0 Å². The van der Waals surface area contributed by atoms with Crippen molar-refractivity contribution >= 4 is 35.1 Å². The van der Waals surface area contributed by atoms with E-state index in [0.717, 1.165) is 5.56 Å². The fraction of sp³-hybridized carbons (Fsp3) is 0.333. The summed E-state index contributed by atoms with van der Waals surface area (Å²) in [6, 6.07) is 13.4. The maximum Gasteiger partial charge on any atom is 0.410 e. The molecule has 0 aromatic heterocycles. The fourth-order valence-electron chi connectivity index (χ4n) is 4.05. The number of nitro benzene ring substituents is 1. The van der Waals surface area contributed by atoms with Gasteiger partial charge in [0.2, 0.25) is 0 Å². The van der Waals surface area contributed by atoms with Gasteiger partial charge >= 0.3 is 12.1 Å². The van der Waals surface area contributed by atoms with Gasteiger partial charge in [0.05, 0.1) is 11.0 Å². The normalized spacial score (nSPS) is 19.3. The summed E-state index contributed by atoms with van der Waals surface area (Å²) in [6.07, 6.45) is 0.907. The van der Waals surface area contributed by atoms with Gasteiger partial charge in [-0.2, -0.15) is 0 Å². The summed E-state index contributed by atoms with van der Waals surface area (Å²) < 4.78 is 5.31. The Morgan fingerprint density at radius 2 is 1.87 bits per heavy atom. The third-order valence-electron chi connectivity index (χ3n) is 5.63. The van der Waals surface area contributed by atoms with E-state index in [0.29, 0.717) is 38.2 Å². The van der Waals surface area contributed by atoms with E-state index < -0.39 is 4.92 Å². The first-order chi connectivity index (χ1) is 14.9. The molecular weight excluding hydrogens is 424 g/mol. The van der Waals surface area contributed by atoms with Gasteiger partial charge in [-0.3, -0.25) is 15.0 Å². The number of carbonyl (C=O) groups excluding carboxylic acids is 2. The number of piperidine rings is 1. The second kappa shape index (κ2) is 8.81. The van der Waals surface area contributed by atoms with Crippen molar-refractivity contribution in [3.8, 4) is 0 Å². The van der Waals surface area contributed by atoms with Crippen LogP contribution < -0.4 is 5.32 Å². The Morgan fingerprint density at radius 3 is 2.55 bits per heavy atom. The van der Waals surface area contributed by atoms with Crippen LogP contribution in [0.2, 0.25) is 5.02 Å². The summed E-state index contributed by atoms with van der Waals surface area (Å²) in [4.78, 5) is 38.9. The third kappa shape index (κ3) is 4.41. The van der Waals surface area contributed by atoms with Gasteiger partial charge in [0.1, 0.15) is 11.6 Å². The SMILES string of the molecule is O=C(Nc1ccc(Cl)c([N+](=O)[O-])c1)N1CCC(N2C(=O)OC[C@H]2c2ccccc2)CC1. The summed E-state index contributed by atoms with van der Waals surface area (Å²) in [5, 5.41) is 13.7. The molecular formula is C21H21ClN4O5. The summed E-state index contributed by atoms with van der Waals surface area (Å²) >= 11 is 5.82. The molecule has 0 radical (unpaired) electrons. The molecule has 3 amide bonds. The number of hydrogen-bond acceptors (Lipinski definition) is 5. The first kappa shape index (κ1) is 20.9. The van der Waals surface area contributed by atoms with Gasteiger partial charge in [-0.05, 0) is 30.5 Å². The average molecular weight is 445 g/mol. The number of benzene rings is 2. The van der Waals surface area contributed by atoms with Crippen molar-refractivity contribution in [3.63, 3.8) is 0 Å². The van der Waals surface area contributed by atoms with Gasteiger partial charge in [-0.1, -0.05) is 41.9 Å². The molecule has 2 saturated heterocycles. The zero-order valence-corrected chi connectivity index (χ0v) is 17.3. The Morgan fingerprint density at radius 1 is 1.16 bits per heavy atom. The lowest BCUT2D eigenvalue weighted by atomic mass is 9.99. The Bertz CT molecular complexity index is 995. The largest absolute Gasteiger partial charge is 0.447 e. The highest BCUT2D eigenvalue weighted by Crippen LogP contribution is 2.33. The number of halogens is 1. The fourth-order valence-corrected chi connectivity index (χ4v) is 4.23. The van der Waals surface area contributed by atoms with Crippen molar-refractivity contribution in [2.75, 3.05) is 25.0 Å². The predicted molar refractivity (Wildman–Crippen MR) is 114 cm³/mol. The third-order valence-corrected chi connectivity index (χ3v) is 5.95. The molecule has 0 saturated carbocycles. The minimum Gasteiger partial charge on any atom is -0.447 e. The Kier molecular flexibility index (Phi) is 5.94. The summed E-state index contributed by atoms with van der Waals surface area (Å²) in [6.45, 7) is 1.23.